The van der Waals surface area contributed by atoms with Crippen LogP contribution in [0.3, 0.4) is 0 Å². The molecule has 172 valence electrons. The van der Waals surface area contributed by atoms with E-state index in [1.54, 1.807) is 55.3 Å². The molecule has 0 aliphatic heterocycles. The summed E-state index contributed by atoms with van der Waals surface area (Å²) in [5, 5.41) is 2.93. The molecule has 5 nitrogen and oxygen atoms in total. The van der Waals surface area contributed by atoms with Crippen molar-refractivity contribution < 1.29 is 18.7 Å². The van der Waals surface area contributed by atoms with Crippen molar-refractivity contribution in [1.82, 2.24) is 4.90 Å². The Morgan fingerprint density at radius 2 is 1.58 bits per heavy atom. The van der Waals surface area contributed by atoms with Crippen LogP contribution in [0, 0.1) is 5.82 Å². The summed E-state index contributed by atoms with van der Waals surface area (Å²) in [5.74, 6) is -0.142. The Hall–Kier alpha value is -3.67. The van der Waals surface area contributed by atoms with Crippen molar-refractivity contribution in [3.05, 3.63) is 95.8 Å². The molecule has 0 radical (unpaired) electrons. The lowest BCUT2D eigenvalue weighted by Crippen LogP contribution is -2.56. The van der Waals surface area contributed by atoms with Gasteiger partial charge in [-0.25, -0.2) is 4.39 Å². The summed E-state index contributed by atoms with van der Waals surface area (Å²) in [5.41, 5.74) is 1.09. The lowest BCUT2D eigenvalue weighted by atomic mass is 9.92. The number of nitrogens with one attached hydrogen (secondary N) is 1. The Labute approximate surface area is 194 Å². The first-order chi connectivity index (χ1) is 15.9. The first-order valence-electron chi connectivity index (χ1n) is 10.9. The molecule has 0 aliphatic rings. The van der Waals surface area contributed by atoms with E-state index in [-0.39, 0.29) is 30.6 Å². The third-order valence-corrected chi connectivity index (χ3v) is 5.87. The van der Waals surface area contributed by atoms with E-state index >= 15 is 0 Å². The highest BCUT2D eigenvalue weighted by Gasteiger charge is 2.40. The fraction of sp³-hybridized carbons (Fsp3) is 0.259. The fourth-order valence-corrected chi connectivity index (χ4v) is 3.59. The van der Waals surface area contributed by atoms with Gasteiger partial charge in [0.25, 0.3) is 0 Å². The van der Waals surface area contributed by atoms with Crippen molar-refractivity contribution in [2.75, 3.05) is 12.4 Å². The van der Waals surface area contributed by atoms with Gasteiger partial charge in [0.15, 0.2) is 0 Å². The minimum Gasteiger partial charge on any atom is -0.497 e. The Morgan fingerprint density at radius 3 is 2.15 bits per heavy atom. The molecule has 2 amide bonds. The molecule has 3 rings (SSSR count). The largest absolute Gasteiger partial charge is 0.497 e. The highest BCUT2D eigenvalue weighted by Crippen LogP contribution is 2.26. The number of carbonyl (C=O) groups excluding carboxylic acids is 2. The van der Waals surface area contributed by atoms with E-state index in [9.17, 15) is 14.0 Å². The van der Waals surface area contributed by atoms with Crippen LogP contribution >= 0.6 is 0 Å². The minimum atomic E-state index is -1.12. The zero-order valence-corrected chi connectivity index (χ0v) is 19.2. The van der Waals surface area contributed by atoms with E-state index in [2.05, 4.69) is 5.32 Å². The molecule has 0 fully saturated rings. The number of nitrogens with zero attached hydrogens (tertiary/aromatic N) is 1. The smallest absolute Gasteiger partial charge is 0.250 e. The second-order valence-electron chi connectivity index (χ2n) is 8.08. The van der Waals surface area contributed by atoms with Crippen LogP contribution in [0.5, 0.6) is 5.75 Å². The maximum absolute atomic E-state index is 13.5. The van der Waals surface area contributed by atoms with Gasteiger partial charge < -0.3 is 15.0 Å². The van der Waals surface area contributed by atoms with E-state index in [0.717, 1.165) is 11.1 Å². The van der Waals surface area contributed by atoms with Crippen LogP contribution in [0.1, 0.15) is 31.4 Å². The molecule has 33 heavy (non-hydrogen) atoms. The quantitative estimate of drug-likeness (QED) is 0.489. The molecule has 0 saturated carbocycles. The van der Waals surface area contributed by atoms with Gasteiger partial charge >= 0.3 is 0 Å². The van der Waals surface area contributed by atoms with Crippen molar-refractivity contribution in [2.24, 2.45) is 0 Å². The Kier molecular flexibility index (Phi) is 7.83. The highest BCUT2D eigenvalue weighted by molar-refractivity contribution is 6.00. The van der Waals surface area contributed by atoms with Gasteiger partial charge in [0, 0.05) is 12.2 Å². The van der Waals surface area contributed by atoms with Gasteiger partial charge in [-0.2, -0.15) is 0 Å². The fourth-order valence-electron chi connectivity index (χ4n) is 3.59. The Morgan fingerprint density at radius 1 is 0.939 bits per heavy atom. The van der Waals surface area contributed by atoms with Crippen LogP contribution in [-0.4, -0.2) is 29.4 Å². The number of hydrogen-bond donors (Lipinski definition) is 1. The van der Waals surface area contributed by atoms with Gasteiger partial charge in [-0.3, -0.25) is 9.59 Å². The monoisotopic (exact) mass is 448 g/mol. The van der Waals surface area contributed by atoms with E-state index in [1.807, 2.05) is 37.3 Å². The number of halogens is 1. The third kappa shape index (κ3) is 5.98. The average Bonchev–Trinajstić information content (AvgIpc) is 2.84. The van der Waals surface area contributed by atoms with E-state index < -0.39 is 5.54 Å². The van der Waals surface area contributed by atoms with Crippen molar-refractivity contribution >= 4 is 17.5 Å². The number of anilines is 1. The van der Waals surface area contributed by atoms with Crippen LogP contribution in [-0.2, 0) is 22.6 Å². The summed E-state index contributed by atoms with van der Waals surface area (Å²) in [6.45, 7) is 3.83. The summed E-state index contributed by atoms with van der Waals surface area (Å²) in [4.78, 5) is 28.5. The van der Waals surface area contributed by atoms with Gasteiger partial charge in [0.05, 0.1) is 13.5 Å². The number of amides is 2. The summed E-state index contributed by atoms with van der Waals surface area (Å²) in [6, 6.07) is 22.4. The second kappa shape index (κ2) is 10.8. The zero-order valence-electron chi connectivity index (χ0n) is 19.2. The molecule has 0 aromatic heterocycles. The van der Waals surface area contributed by atoms with E-state index in [4.69, 9.17) is 4.74 Å². The molecule has 0 aliphatic carbocycles. The molecule has 3 aromatic carbocycles. The number of ether oxygens (including phenoxy) is 1. The minimum absolute atomic E-state index is 0.160. The third-order valence-electron chi connectivity index (χ3n) is 5.87. The van der Waals surface area contributed by atoms with Crippen molar-refractivity contribution in [2.45, 2.75) is 38.8 Å². The van der Waals surface area contributed by atoms with Gasteiger partial charge in [0.1, 0.15) is 17.1 Å². The number of methoxy groups -OCH3 is 1. The predicted molar refractivity (Wildman–Crippen MR) is 127 cm³/mol. The number of benzene rings is 3. The number of hydrogen-bond acceptors (Lipinski definition) is 3. The summed E-state index contributed by atoms with van der Waals surface area (Å²) >= 11 is 0. The van der Waals surface area contributed by atoms with Crippen LogP contribution < -0.4 is 10.1 Å². The molecule has 3 aromatic rings. The van der Waals surface area contributed by atoms with Crippen LogP contribution in [0.15, 0.2) is 78.9 Å². The van der Waals surface area contributed by atoms with Crippen LogP contribution in [0.2, 0.25) is 0 Å². The van der Waals surface area contributed by atoms with Crippen molar-refractivity contribution in [3.8, 4) is 5.75 Å². The Balaban J connectivity index is 1.90. The summed E-state index contributed by atoms with van der Waals surface area (Å²) in [7, 11) is 1.58. The van der Waals surface area contributed by atoms with Gasteiger partial charge in [0.2, 0.25) is 11.8 Å². The topological polar surface area (TPSA) is 58.6 Å². The first-order valence-corrected chi connectivity index (χ1v) is 10.9. The van der Waals surface area contributed by atoms with E-state index in [1.165, 1.54) is 12.1 Å². The molecular weight excluding hydrogens is 419 g/mol. The second-order valence-corrected chi connectivity index (χ2v) is 8.08. The summed E-state index contributed by atoms with van der Waals surface area (Å²) in [6.07, 6.45) is 0.560. The number of rotatable bonds is 9. The van der Waals surface area contributed by atoms with Gasteiger partial charge in [-0.05, 0) is 60.9 Å². The molecule has 0 spiro atoms. The standard InChI is InChI=1S/C27H29FN2O3/c1-4-27(2,26(32)29-23-14-16-24(33-3)17-15-23)30(19-21-10-12-22(28)13-11-21)25(31)18-20-8-6-5-7-9-20/h5-17H,4,18-19H2,1-3H3,(H,29,32). The highest BCUT2D eigenvalue weighted by atomic mass is 19.1. The predicted octanol–water partition coefficient (Wildman–Crippen LogP) is 5.21. The average molecular weight is 449 g/mol. The Bertz CT molecular complexity index is 1070. The molecule has 0 saturated heterocycles. The molecule has 0 heterocycles. The molecule has 1 atom stereocenters. The maximum atomic E-state index is 13.5. The molecular formula is C27H29FN2O3. The SMILES string of the molecule is CCC(C)(C(=O)Nc1ccc(OC)cc1)N(Cc1ccc(F)cc1)C(=O)Cc1ccccc1. The maximum Gasteiger partial charge on any atom is 0.250 e. The van der Waals surface area contributed by atoms with Crippen molar-refractivity contribution in [1.29, 1.82) is 0 Å². The van der Waals surface area contributed by atoms with Crippen LogP contribution in [0.25, 0.3) is 0 Å². The first kappa shape index (κ1) is 24.0. The normalized spacial score (nSPS) is 12.5. The molecule has 1 unspecified atom stereocenters. The van der Waals surface area contributed by atoms with Gasteiger partial charge in [-0.1, -0.05) is 49.4 Å². The molecule has 6 heteroatoms. The van der Waals surface area contributed by atoms with E-state index in [0.29, 0.717) is 17.9 Å². The number of carbonyl (C=O) groups is 2. The lowest BCUT2D eigenvalue weighted by molar-refractivity contribution is -0.145. The lowest BCUT2D eigenvalue weighted by Gasteiger charge is -2.40. The van der Waals surface area contributed by atoms with Crippen LogP contribution in [0.4, 0.5) is 10.1 Å². The molecule has 1 N–H and O–H groups in total. The molecule has 0 bridgehead atoms. The van der Waals surface area contributed by atoms with Gasteiger partial charge in [-0.15, -0.1) is 0 Å². The van der Waals surface area contributed by atoms with Crippen molar-refractivity contribution in [3.63, 3.8) is 0 Å². The zero-order chi connectivity index (χ0) is 23.8. The summed E-state index contributed by atoms with van der Waals surface area (Å²) < 4.78 is 18.6.